The Balaban J connectivity index is 3.20. The number of alkyl halides is 3. The van der Waals surface area contributed by atoms with E-state index in [9.17, 15) is 18.0 Å². The van der Waals surface area contributed by atoms with Crippen molar-refractivity contribution in [2.45, 2.75) is 12.6 Å². The fourth-order valence-electron chi connectivity index (χ4n) is 1.01. The maximum atomic E-state index is 12.4. The third-order valence-electron chi connectivity index (χ3n) is 1.56. The molecule has 15 heavy (non-hydrogen) atoms. The third-order valence-corrected chi connectivity index (χ3v) is 2.17. The molecule has 0 fully saturated rings. The molecular formula is C8H5F3INO2. The molecule has 0 saturated heterocycles. The highest BCUT2D eigenvalue weighted by Gasteiger charge is 2.34. The van der Waals surface area contributed by atoms with Gasteiger partial charge in [0.25, 0.3) is 0 Å². The van der Waals surface area contributed by atoms with Crippen molar-refractivity contribution >= 4 is 28.6 Å². The maximum absolute atomic E-state index is 12.4. The summed E-state index contributed by atoms with van der Waals surface area (Å²) in [7, 11) is 0. The van der Waals surface area contributed by atoms with E-state index in [4.69, 9.17) is 5.11 Å². The molecule has 0 amide bonds. The second-order valence-corrected chi connectivity index (χ2v) is 3.80. The summed E-state index contributed by atoms with van der Waals surface area (Å²) < 4.78 is 37.5. The van der Waals surface area contributed by atoms with E-state index in [2.05, 4.69) is 4.98 Å². The quantitative estimate of drug-likeness (QED) is 0.669. The van der Waals surface area contributed by atoms with Gasteiger partial charge in [-0.2, -0.15) is 13.2 Å². The molecule has 0 aliphatic heterocycles. The van der Waals surface area contributed by atoms with E-state index in [0.717, 1.165) is 6.07 Å². The van der Waals surface area contributed by atoms with Gasteiger partial charge in [0.1, 0.15) is 3.70 Å². The molecule has 0 aliphatic carbocycles. The Morgan fingerprint density at radius 1 is 1.47 bits per heavy atom. The molecule has 0 aromatic carbocycles. The predicted octanol–water partition coefficient (Wildman–Crippen LogP) is 2.33. The minimum Gasteiger partial charge on any atom is -0.481 e. The van der Waals surface area contributed by atoms with Crippen molar-refractivity contribution in [1.29, 1.82) is 0 Å². The highest BCUT2D eigenvalue weighted by molar-refractivity contribution is 14.1. The summed E-state index contributed by atoms with van der Waals surface area (Å²) in [4.78, 5) is 13.9. The van der Waals surface area contributed by atoms with Gasteiger partial charge in [-0.25, -0.2) is 4.98 Å². The Bertz CT molecular complexity index is 392. The number of carboxylic acid groups (broad SMARTS) is 1. The lowest BCUT2D eigenvalue weighted by atomic mass is 10.1. The first kappa shape index (κ1) is 12.2. The minimum atomic E-state index is -4.57. The molecule has 0 radical (unpaired) electrons. The van der Waals surface area contributed by atoms with Crippen LogP contribution in [0.4, 0.5) is 13.2 Å². The zero-order valence-corrected chi connectivity index (χ0v) is 9.33. The molecule has 82 valence electrons. The first-order valence-electron chi connectivity index (χ1n) is 3.75. The van der Waals surface area contributed by atoms with Crippen molar-refractivity contribution in [3.05, 3.63) is 27.1 Å². The predicted molar refractivity (Wildman–Crippen MR) is 53.3 cm³/mol. The van der Waals surface area contributed by atoms with Gasteiger partial charge in [-0.05, 0) is 34.7 Å². The number of nitrogens with zero attached hydrogens (tertiary/aromatic N) is 1. The molecule has 0 atom stereocenters. The molecule has 1 aromatic rings. The topological polar surface area (TPSA) is 50.2 Å². The Morgan fingerprint density at radius 3 is 2.53 bits per heavy atom. The van der Waals surface area contributed by atoms with Crippen LogP contribution in [0.1, 0.15) is 11.3 Å². The van der Waals surface area contributed by atoms with Crippen LogP contribution in [0, 0.1) is 3.70 Å². The number of aliphatic carboxylic acids is 1. The fraction of sp³-hybridized carbons (Fsp3) is 0.250. The zero-order chi connectivity index (χ0) is 11.6. The van der Waals surface area contributed by atoms with Crippen LogP contribution >= 0.6 is 22.6 Å². The van der Waals surface area contributed by atoms with Gasteiger partial charge in [0, 0.05) is 0 Å². The van der Waals surface area contributed by atoms with Crippen LogP contribution < -0.4 is 0 Å². The summed E-state index contributed by atoms with van der Waals surface area (Å²) >= 11 is 1.73. The number of halogens is 4. The van der Waals surface area contributed by atoms with E-state index in [-0.39, 0.29) is 0 Å². The second-order valence-electron chi connectivity index (χ2n) is 2.70. The molecule has 0 unspecified atom stereocenters. The van der Waals surface area contributed by atoms with Crippen LogP contribution in [0.2, 0.25) is 0 Å². The normalized spacial score (nSPS) is 11.5. The molecule has 1 heterocycles. The molecule has 1 aromatic heterocycles. The summed E-state index contributed by atoms with van der Waals surface area (Å²) in [5, 5.41) is 8.44. The summed E-state index contributed by atoms with van der Waals surface area (Å²) in [6, 6.07) is 2.03. The first-order chi connectivity index (χ1) is 6.80. The van der Waals surface area contributed by atoms with Crippen molar-refractivity contribution in [2.24, 2.45) is 0 Å². The minimum absolute atomic E-state index is 0.330. The molecule has 1 rings (SSSR count). The number of rotatable bonds is 2. The van der Waals surface area contributed by atoms with Crippen molar-refractivity contribution in [3.63, 3.8) is 0 Å². The fourth-order valence-corrected chi connectivity index (χ4v) is 1.48. The molecule has 1 N–H and O–H groups in total. The third kappa shape index (κ3) is 3.33. The molecule has 0 aliphatic rings. The maximum Gasteiger partial charge on any atom is 0.418 e. The van der Waals surface area contributed by atoms with Gasteiger partial charge < -0.3 is 5.11 Å². The van der Waals surface area contributed by atoms with E-state index in [1.165, 1.54) is 6.07 Å². The number of hydrogen-bond donors (Lipinski definition) is 1. The van der Waals surface area contributed by atoms with Crippen LogP contribution in [0.3, 0.4) is 0 Å². The van der Waals surface area contributed by atoms with E-state index >= 15 is 0 Å². The lowest BCUT2D eigenvalue weighted by Crippen LogP contribution is -2.14. The van der Waals surface area contributed by atoms with Gasteiger partial charge in [-0.15, -0.1) is 0 Å². The van der Waals surface area contributed by atoms with Crippen LogP contribution in [0.5, 0.6) is 0 Å². The first-order valence-corrected chi connectivity index (χ1v) is 4.83. The van der Waals surface area contributed by atoms with Crippen LogP contribution in [-0.4, -0.2) is 16.1 Å². The molecular weight excluding hydrogens is 326 g/mol. The van der Waals surface area contributed by atoms with E-state index in [0.29, 0.717) is 3.70 Å². The lowest BCUT2D eigenvalue weighted by Gasteiger charge is -2.10. The van der Waals surface area contributed by atoms with Crippen molar-refractivity contribution in [2.75, 3.05) is 0 Å². The molecule has 3 nitrogen and oxygen atoms in total. The van der Waals surface area contributed by atoms with Crippen LogP contribution in [0.25, 0.3) is 0 Å². The molecule has 0 bridgehead atoms. The number of hydrogen-bond acceptors (Lipinski definition) is 2. The van der Waals surface area contributed by atoms with Crippen LogP contribution in [-0.2, 0) is 17.4 Å². The molecule has 0 saturated carbocycles. The average molecular weight is 331 g/mol. The highest BCUT2D eigenvalue weighted by atomic mass is 127. The van der Waals surface area contributed by atoms with Crippen molar-refractivity contribution in [1.82, 2.24) is 4.98 Å². The van der Waals surface area contributed by atoms with Crippen molar-refractivity contribution in [3.8, 4) is 0 Å². The lowest BCUT2D eigenvalue weighted by molar-refractivity contribution is -0.140. The Hall–Kier alpha value is -0.860. The SMILES string of the molecule is O=C(O)Cc1nc(I)ccc1C(F)(F)F. The summed E-state index contributed by atoms with van der Waals surface area (Å²) in [6.07, 6.45) is -5.30. The Labute approximate surface area is 96.5 Å². The standard InChI is InChI=1S/C8H5F3INO2/c9-8(10,11)4-1-2-6(12)13-5(4)3-7(14)15/h1-2H,3H2,(H,14,15). The van der Waals surface area contributed by atoms with E-state index in [1.54, 1.807) is 22.6 Å². The molecule has 0 spiro atoms. The highest BCUT2D eigenvalue weighted by Crippen LogP contribution is 2.31. The Morgan fingerprint density at radius 2 is 2.07 bits per heavy atom. The molecule has 7 heteroatoms. The average Bonchev–Trinajstić information content (AvgIpc) is 1.99. The second kappa shape index (κ2) is 4.33. The van der Waals surface area contributed by atoms with Gasteiger partial charge in [0.2, 0.25) is 0 Å². The monoisotopic (exact) mass is 331 g/mol. The number of carbonyl (C=O) groups is 1. The van der Waals surface area contributed by atoms with E-state index in [1.807, 2.05) is 0 Å². The zero-order valence-electron chi connectivity index (χ0n) is 7.18. The van der Waals surface area contributed by atoms with Crippen LogP contribution in [0.15, 0.2) is 12.1 Å². The Kier molecular flexibility index (Phi) is 3.53. The summed E-state index contributed by atoms with van der Waals surface area (Å²) in [6.45, 7) is 0. The van der Waals surface area contributed by atoms with Gasteiger partial charge in [-0.1, -0.05) is 0 Å². The largest absolute Gasteiger partial charge is 0.481 e. The summed E-state index contributed by atoms with van der Waals surface area (Å²) in [5.74, 6) is -1.34. The van der Waals surface area contributed by atoms with Gasteiger partial charge in [0.15, 0.2) is 0 Å². The van der Waals surface area contributed by atoms with Gasteiger partial charge >= 0.3 is 12.1 Å². The number of aromatic nitrogens is 1. The number of pyridine rings is 1. The number of carboxylic acids is 1. The smallest absolute Gasteiger partial charge is 0.418 e. The van der Waals surface area contributed by atoms with Gasteiger partial charge in [-0.3, -0.25) is 4.79 Å². The van der Waals surface area contributed by atoms with E-state index < -0.39 is 29.8 Å². The van der Waals surface area contributed by atoms with Crippen molar-refractivity contribution < 1.29 is 23.1 Å². The summed E-state index contributed by atoms with van der Waals surface area (Å²) in [5.41, 5.74) is -1.45. The van der Waals surface area contributed by atoms with Gasteiger partial charge in [0.05, 0.1) is 17.7 Å².